The highest BCUT2D eigenvalue weighted by Gasteiger charge is 2.24. The summed E-state index contributed by atoms with van der Waals surface area (Å²) in [5.74, 6) is 0.687. The highest BCUT2D eigenvalue weighted by molar-refractivity contribution is 7.18. The number of nitrogens with two attached hydrogens (primary N) is 1. The highest BCUT2D eigenvalue weighted by atomic mass is 32.1. The SMILES string of the molecule is Cc1nc2sc3c(c2c(=O)n1CC(N)=O)CCC(C)C3. The average molecular weight is 291 g/mol. The third kappa shape index (κ3) is 2.04. The first-order valence-electron chi connectivity index (χ1n) is 6.77. The van der Waals surface area contributed by atoms with E-state index in [1.54, 1.807) is 18.3 Å². The van der Waals surface area contributed by atoms with Gasteiger partial charge < -0.3 is 5.73 Å². The lowest BCUT2D eigenvalue weighted by atomic mass is 9.89. The molecule has 2 heterocycles. The van der Waals surface area contributed by atoms with Crippen molar-refractivity contribution in [2.75, 3.05) is 0 Å². The Morgan fingerprint density at radius 2 is 2.30 bits per heavy atom. The number of aromatic nitrogens is 2. The number of nitrogens with zero attached hydrogens (tertiary/aromatic N) is 2. The van der Waals surface area contributed by atoms with Crippen molar-refractivity contribution in [1.29, 1.82) is 0 Å². The van der Waals surface area contributed by atoms with Crippen molar-refractivity contribution in [3.05, 3.63) is 26.6 Å². The zero-order valence-corrected chi connectivity index (χ0v) is 12.4. The molecule has 1 atom stereocenters. The topological polar surface area (TPSA) is 78.0 Å². The molecular weight excluding hydrogens is 274 g/mol. The Kier molecular flexibility index (Phi) is 3.12. The maximum atomic E-state index is 12.6. The van der Waals surface area contributed by atoms with Gasteiger partial charge in [-0.2, -0.15) is 0 Å². The van der Waals surface area contributed by atoms with Crippen LogP contribution in [-0.2, 0) is 24.2 Å². The van der Waals surface area contributed by atoms with Crippen LogP contribution in [0.15, 0.2) is 4.79 Å². The van der Waals surface area contributed by atoms with Gasteiger partial charge in [0.15, 0.2) is 0 Å². The zero-order chi connectivity index (χ0) is 14.4. The van der Waals surface area contributed by atoms with E-state index in [0.717, 1.165) is 29.7 Å². The van der Waals surface area contributed by atoms with E-state index in [2.05, 4.69) is 11.9 Å². The molecule has 0 fully saturated rings. The van der Waals surface area contributed by atoms with Crippen molar-refractivity contribution in [3.8, 4) is 0 Å². The molecule has 0 aromatic carbocycles. The molecule has 2 aromatic rings. The molecule has 0 radical (unpaired) electrons. The summed E-state index contributed by atoms with van der Waals surface area (Å²) in [7, 11) is 0. The second-order valence-corrected chi connectivity index (χ2v) is 6.63. The number of carbonyl (C=O) groups excluding carboxylic acids is 1. The molecule has 20 heavy (non-hydrogen) atoms. The first-order valence-corrected chi connectivity index (χ1v) is 7.59. The fourth-order valence-electron chi connectivity index (χ4n) is 2.87. The maximum Gasteiger partial charge on any atom is 0.263 e. The number of rotatable bonds is 2. The van der Waals surface area contributed by atoms with Gasteiger partial charge in [-0.1, -0.05) is 6.92 Å². The van der Waals surface area contributed by atoms with Gasteiger partial charge in [0.1, 0.15) is 17.2 Å². The van der Waals surface area contributed by atoms with Crippen LogP contribution in [-0.4, -0.2) is 15.5 Å². The fourth-order valence-corrected chi connectivity index (χ4v) is 4.29. The largest absolute Gasteiger partial charge is 0.368 e. The van der Waals surface area contributed by atoms with Gasteiger partial charge in [0.2, 0.25) is 5.91 Å². The molecule has 0 saturated carbocycles. The van der Waals surface area contributed by atoms with Crippen molar-refractivity contribution in [1.82, 2.24) is 9.55 Å². The van der Waals surface area contributed by atoms with E-state index in [1.165, 1.54) is 9.44 Å². The predicted molar refractivity (Wildman–Crippen MR) is 79.0 cm³/mol. The van der Waals surface area contributed by atoms with E-state index in [9.17, 15) is 9.59 Å². The smallest absolute Gasteiger partial charge is 0.263 e. The Hall–Kier alpha value is -1.69. The van der Waals surface area contributed by atoms with Gasteiger partial charge in [-0.3, -0.25) is 14.2 Å². The van der Waals surface area contributed by atoms with Crippen molar-refractivity contribution >= 4 is 27.5 Å². The van der Waals surface area contributed by atoms with E-state index in [1.807, 2.05) is 0 Å². The van der Waals surface area contributed by atoms with Crippen LogP contribution in [0, 0.1) is 12.8 Å². The molecule has 1 amide bonds. The van der Waals surface area contributed by atoms with Crippen LogP contribution < -0.4 is 11.3 Å². The number of amides is 1. The van der Waals surface area contributed by atoms with Gasteiger partial charge in [-0.25, -0.2) is 4.98 Å². The second kappa shape index (κ2) is 4.70. The number of fused-ring (bicyclic) bond motifs is 3. The van der Waals surface area contributed by atoms with Crippen molar-refractivity contribution in [2.24, 2.45) is 11.7 Å². The molecule has 0 saturated heterocycles. The molecule has 1 aliphatic rings. The summed E-state index contributed by atoms with van der Waals surface area (Å²) in [5.41, 5.74) is 6.23. The Morgan fingerprint density at radius 3 is 3.00 bits per heavy atom. The maximum absolute atomic E-state index is 12.6. The summed E-state index contributed by atoms with van der Waals surface area (Å²) in [6.07, 6.45) is 3.04. The lowest BCUT2D eigenvalue weighted by molar-refractivity contribution is -0.118. The normalized spacial score (nSPS) is 18.2. The fraction of sp³-hybridized carbons (Fsp3) is 0.500. The Morgan fingerprint density at radius 1 is 1.55 bits per heavy atom. The van der Waals surface area contributed by atoms with Crippen LogP contribution in [0.2, 0.25) is 0 Å². The standard InChI is InChI=1S/C14H17N3O2S/c1-7-3-4-9-10(5-7)20-13-12(9)14(19)17(6-11(15)18)8(2)16-13/h7H,3-6H2,1-2H3,(H2,15,18). The molecule has 5 nitrogen and oxygen atoms in total. The molecule has 6 heteroatoms. The first kappa shape index (κ1) is 13.3. The van der Waals surface area contributed by atoms with E-state index in [0.29, 0.717) is 17.1 Å². The Labute approximate surface area is 120 Å². The third-order valence-corrected chi connectivity index (χ3v) is 5.07. The van der Waals surface area contributed by atoms with E-state index < -0.39 is 5.91 Å². The van der Waals surface area contributed by atoms with Crippen molar-refractivity contribution in [2.45, 2.75) is 39.7 Å². The molecule has 1 aliphatic carbocycles. The van der Waals surface area contributed by atoms with Crippen molar-refractivity contribution < 1.29 is 4.79 Å². The highest BCUT2D eigenvalue weighted by Crippen LogP contribution is 2.35. The average Bonchev–Trinajstić information content (AvgIpc) is 2.71. The molecule has 106 valence electrons. The van der Waals surface area contributed by atoms with E-state index in [-0.39, 0.29) is 12.1 Å². The van der Waals surface area contributed by atoms with Crippen LogP contribution in [0.25, 0.3) is 10.2 Å². The zero-order valence-electron chi connectivity index (χ0n) is 11.6. The molecular formula is C14H17N3O2S. The molecule has 0 aliphatic heterocycles. The number of thiophene rings is 1. The van der Waals surface area contributed by atoms with Gasteiger partial charge in [0.25, 0.3) is 5.56 Å². The second-order valence-electron chi connectivity index (χ2n) is 5.55. The summed E-state index contributed by atoms with van der Waals surface area (Å²) in [6, 6.07) is 0. The van der Waals surface area contributed by atoms with Gasteiger partial charge in [0.05, 0.1) is 5.39 Å². The minimum atomic E-state index is -0.519. The minimum absolute atomic E-state index is 0.103. The Bertz CT molecular complexity index is 760. The summed E-state index contributed by atoms with van der Waals surface area (Å²) in [4.78, 5) is 30.3. The minimum Gasteiger partial charge on any atom is -0.368 e. The van der Waals surface area contributed by atoms with Gasteiger partial charge in [-0.05, 0) is 37.7 Å². The van der Waals surface area contributed by atoms with Gasteiger partial charge in [0, 0.05) is 4.88 Å². The number of carbonyl (C=O) groups is 1. The summed E-state index contributed by atoms with van der Waals surface area (Å²) in [5, 5.41) is 0.698. The van der Waals surface area contributed by atoms with E-state index >= 15 is 0 Å². The number of hydrogen-bond acceptors (Lipinski definition) is 4. The first-order chi connectivity index (χ1) is 9.47. The molecule has 2 N–H and O–H groups in total. The molecule has 1 unspecified atom stereocenters. The van der Waals surface area contributed by atoms with Gasteiger partial charge >= 0.3 is 0 Å². The number of aryl methyl sites for hydroxylation is 2. The van der Waals surface area contributed by atoms with Crippen LogP contribution >= 0.6 is 11.3 Å². The molecule has 3 rings (SSSR count). The molecule has 0 bridgehead atoms. The molecule has 2 aromatic heterocycles. The van der Waals surface area contributed by atoms with E-state index in [4.69, 9.17) is 5.73 Å². The monoisotopic (exact) mass is 291 g/mol. The van der Waals surface area contributed by atoms with Crippen LogP contribution in [0.1, 0.15) is 29.6 Å². The predicted octanol–water partition coefficient (Wildman–Crippen LogP) is 1.38. The third-order valence-electron chi connectivity index (χ3n) is 3.92. The summed E-state index contributed by atoms with van der Waals surface area (Å²) in [6.45, 7) is 3.87. The molecule has 0 spiro atoms. The quantitative estimate of drug-likeness (QED) is 0.908. The summed E-state index contributed by atoms with van der Waals surface area (Å²) < 4.78 is 1.38. The van der Waals surface area contributed by atoms with Crippen LogP contribution in [0.3, 0.4) is 0 Å². The van der Waals surface area contributed by atoms with Gasteiger partial charge in [-0.15, -0.1) is 11.3 Å². The van der Waals surface area contributed by atoms with Crippen molar-refractivity contribution in [3.63, 3.8) is 0 Å². The Balaban J connectivity index is 2.26. The summed E-state index contributed by atoms with van der Waals surface area (Å²) >= 11 is 1.62. The van der Waals surface area contributed by atoms with Crippen LogP contribution in [0.5, 0.6) is 0 Å². The van der Waals surface area contributed by atoms with Crippen LogP contribution in [0.4, 0.5) is 0 Å². The number of hydrogen-bond donors (Lipinski definition) is 1. The number of primary amides is 1. The lowest BCUT2D eigenvalue weighted by Gasteiger charge is -2.17. The lowest BCUT2D eigenvalue weighted by Crippen LogP contribution is -2.30.